The van der Waals surface area contributed by atoms with Gasteiger partial charge in [0.2, 0.25) is 0 Å². The number of nitrogens with one attached hydrogen (secondary N) is 1. The minimum Gasteiger partial charge on any atom is -0.438 e. The number of para-hydroxylation sites is 1. The number of benzene rings is 1. The zero-order valence-corrected chi connectivity index (χ0v) is 13.7. The van der Waals surface area contributed by atoms with Crippen LogP contribution in [0.5, 0.6) is 0 Å². The number of rotatable bonds is 3. The van der Waals surface area contributed by atoms with Gasteiger partial charge in [0.1, 0.15) is 5.82 Å². The van der Waals surface area contributed by atoms with E-state index >= 15 is 0 Å². The molecule has 6 heteroatoms. The van der Waals surface area contributed by atoms with Crippen LogP contribution in [0, 0.1) is 12.7 Å². The number of ether oxygens (including phenoxy) is 1. The average molecular weight is 320 g/mol. The number of carbonyl (C=O) groups is 1. The highest BCUT2D eigenvalue weighted by atomic mass is 19.1. The molecule has 1 aromatic heterocycles. The monoisotopic (exact) mass is 320 g/mol. The number of aromatic nitrogens is 1. The molecule has 1 amide bonds. The van der Waals surface area contributed by atoms with Gasteiger partial charge in [-0.2, -0.15) is 0 Å². The fraction of sp³-hybridized carbons (Fsp3) is 0.471. The summed E-state index contributed by atoms with van der Waals surface area (Å²) >= 11 is 0. The highest BCUT2D eigenvalue weighted by molar-refractivity contribution is 5.85. The Hall–Kier alpha value is -2.08. The Morgan fingerprint density at radius 2 is 2.04 bits per heavy atom. The third-order valence-electron chi connectivity index (χ3n) is 4.92. The maximum absolute atomic E-state index is 13.9. The maximum atomic E-state index is 13.9. The number of carbonyl (C=O) groups excluding carboxylic acids is 1. The van der Waals surface area contributed by atoms with Gasteiger partial charge in [0.25, 0.3) is 0 Å². The minimum atomic E-state index is -1.39. The number of nitrogens with zero attached hydrogens (tertiary/aromatic N) is 1. The number of hydrogen-bond acceptors (Lipinski definition) is 3. The highest BCUT2D eigenvalue weighted by Crippen LogP contribution is 2.37. The van der Waals surface area contributed by atoms with Crippen molar-refractivity contribution in [1.82, 2.24) is 9.88 Å². The molecule has 1 aliphatic rings. The van der Waals surface area contributed by atoms with Crippen LogP contribution in [-0.4, -0.2) is 39.0 Å². The lowest BCUT2D eigenvalue weighted by Gasteiger charge is -2.34. The first-order valence-electron chi connectivity index (χ1n) is 7.64. The predicted molar refractivity (Wildman–Crippen MR) is 84.6 cm³/mol. The van der Waals surface area contributed by atoms with Crippen molar-refractivity contribution in [1.29, 1.82) is 0 Å². The van der Waals surface area contributed by atoms with Gasteiger partial charge < -0.3 is 14.8 Å². The Morgan fingerprint density at radius 3 is 2.65 bits per heavy atom. The zero-order chi connectivity index (χ0) is 17.0. The summed E-state index contributed by atoms with van der Waals surface area (Å²) in [7, 11) is 0. The van der Waals surface area contributed by atoms with Crippen molar-refractivity contribution in [2.24, 2.45) is 0 Å². The van der Waals surface area contributed by atoms with E-state index in [1.807, 2.05) is 13.0 Å². The van der Waals surface area contributed by atoms with Crippen LogP contribution in [-0.2, 0) is 11.2 Å². The lowest BCUT2D eigenvalue weighted by molar-refractivity contribution is -0.126. The van der Waals surface area contributed by atoms with Crippen molar-refractivity contribution in [3.05, 3.63) is 35.3 Å². The number of H-pyrrole nitrogens is 1. The lowest BCUT2D eigenvalue weighted by Crippen LogP contribution is -2.54. The average Bonchev–Trinajstić information content (AvgIpc) is 2.82. The molecular weight excluding hydrogens is 299 g/mol. The van der Waals surface area contributed by atoms with Gasteiger partial charge in [-0.05, 0) is 45.7 Å². The molecule has 124 valence electrons. The minimum absolute atomic E-state index is 0.291. The molecule has 1 aromatic carbocycles. The second kappa shape index (κ2) is 4.96. The number of fused-ring (bicyclic) bond motifs is 1. The van der Waals surface area contributed by atoms with E-state index in [1.165, 1.54) is 11.0 Å². The summed E-state index contributed by atoms with van der Waals surface area (Å²) in [6, 6.07) is 4.92. The van der Waals surface area contributed by atoms with Crippen molar-refractivity contribution in [2.45, 2.75) is 45.4 Å². The molecule has 1 aliphatic heterocycles. The molecule has 2 heterocycles. The highest BCUT2D eigenvalue weighted by Gasteiger charge is 2.56. The number of aromatic amines is 1. The van der Waals surface area contributed by atoms with Crippen molar-refractivity contribution in [3.63, 3.8) is 0 Å². The number of amides is 1. The van der Waals surface area contributed by atoms with Crippen LogP contribution in [0.15, 0.2) is 18.2 Å². The van der Waals surface area contributed by atoms with Crippen molar-refractivity contribution >= 4 is 17.0 Å². The van der Waals surface area contributed by atoms with Crippen molar-refractivity contribution < 1.29 is 19.0 Å². The Balaban J connectivity index is 1.89. The van der Waals surface area contributed by atoms with Crippen LogP contribution in [0.4, 0.5) is 9.18 Å². The van der Waals surface area contributed by atoms with Gasteiger partial charge in [-0.3, -0.25) is 4.90 Å². The fourth-order valence-corrected chi connectivity index (χ4v) is 3.10. The molecular formula is C17H21FN2O3. The van der Waals surface area contributed by atoms with E-state index in [-0.39, 0.29) is 5.82 Å². The molecule has 2 N–H and O–H groups in total. The topological polar surface area (TPSA) is 65.6 Å². The Labute approximate surface area is 134 Å². The zero-order valence-electron chi connectivity index (χ0n) is 13.7. The van der Waals surface area contributed by atoms with Gasteiger partial charge in [-0.1, -0.05) is 12.1 Å². The summed E-state index contributed by atoms with van der Waals surface area (Å²) in [5.74, 6) is -0.300. The van der Waals surface area contributed by atoms with Crippen LogP contribution in [0.1, 0.15) is 32.0 Å². The van der Waals surface area contributed by atoms with E-state index in [9.17, 15) is 14.3 Å². The van der Waals surface area contributed by atoms with Gasteiger partial charge in [-0.25, -0.2) is 9.18 Å². The predicted octanol–water partition coefficient (Wildman–Crippen LogP) is 3.10. The first-order chi connectivity index (χ1) is 10.6. The van der Waals surface area contributed by atoms with Crippen LogP contribution >= 0.6 is 0 Å². The van der Waals surface area contributed by atoms with E-state index < -0.39 is 17.4 Å². The standard InChI is InChI=1S/C17H21FN2O3/c1-10-11(12-6-5-7-13(18)14(12)19-10)8-9-20-15(21)23-16(2,3)17(20,4)22/h5-7,19,22H,8-9H2,1-4H3/t17-/m0/s1. The summed E-state index contributed by atoms with van der Waals surface area (Å²) in [5, 5.41) is 11.4. The molecule has 2 aromatic rings. The molecule has 1 fully saturated rings. The quantitative estimate of drug-likeness (QED) is 0.913. The van der Waals surface area contributed by atoms with E-state index in [2.05, 4.69) is 4.98 Å². The van der Waals surface area contributed by atoms with Gasteiger partial charge in [0.05, 0.1) is 5.52 Å². The fourth-order valence-electron chi connectivity index (χ4n) is 3.10. The molecule has 23 heavy (non-hydrogen) atoms. The number of aliphatic hydroxyl groups is 1. The van der Waals surface area contributed by atoms with Crippen molar-refractivity contribution in [2.75, 3.05) is 6.54 Å². The Morgan fingerprint density at radius 1 is 1.35 bits per heavy atom. The first kappa shape index (κ1) is 15.8. The molecule has 0 aliphatic carbocycles. The molecule has 1 saturated heterocycles. The van der Waals surface area contributed by atoms with E-state index in [4.69, 9.17) is 4.74 Å². The molecule has 0 unspecified atom stereocenters. The number of cyclic esters (lactones) is 1. The molecule has 1 atom stereocenters. The largest absolute Gasteiger partial charge is 0.438 e. The summed E-state index contributed by atoms with van der Waals surface area (Å²) in [6.07, 6.45) is -0.0416. The summed E-state index contributed by atoms with van der Waals surface area (Å²) in [6.45, 7) is 7.09. The van der Waals surface area contributed by atoms with E-state index in [0.29, 0.717) is 18.5 Å². The van der Waals surface area contributed by atoms with Gasteiger partial charge in [0.15, 0.2) is 11.3 Å². The van der Waals surface area contributed by atoms with Crippen molar-refractivity contribution in [3.8, 4) is 0 Å². The third-order valence-corrected chi connectivity index (χ3v) is 4.92. The number of aryl methyl sites for hydroxylation is 1. The molecule has 0 radical (unpaired) electrons. The van der Waals surface area contributed by atoms with E-state index in [1.54, 1.807) is 26.8 Å². The number of halogens is 1. The van der Waals surface area contributed by atoms with Gasteiger partial charge >= 0.3 is 6.09 Å². The van der Waals surface area contributed by atoms with Crippen LogP contribution < -0.4 is 0 Å². The molecule has 5 nitrogen and oxygen atoms in total. The lowest BCUT2D eigenvalue weighted by atomic mass is 9.95. The maximum Gasteiger partial charge on any atom is 0.412 e. The Kier molecular flexibility index (Phi) is 3.41. The summed E-state index contributed by atoms with van der Waals surface area (Å²) in [5.41, 5.74) is -0.110. The van der Waals surface area contributed by atoms with Crippen LogP contribution in [0.2, 0.25) is 0 Å². The summed E-state index contributed by atoms with van der Waals surface area (Å²) in [4.78, 5) is 16.4. The molecule has 3 rings (SSSR count). The molecule has 0 bridgehead atoms. The van der Waals surface area contributed by atoms with Crippen LogP contribution in [0.25, 0.3) is 10.9 Å². The van der Waals surface area contributed by atoms with Crippen LogP contribution in [0.3, 0.4) is 0 Å². The first-order valence-corrected chi connectivity index (χ1v) is 7.64. The van der Waals surface area contributed by atoms with Gasteiger partial charge in [0, 0.05) is 17.6 Å². The van der Waals surface area contributed by atoms with E-state index in [0.717, 1.165) is 16.6 Å². The molecule has 0 spiro atoms. The normalized spacial score (nSPS) is 23.6. The smallest absolute Gasteiger partial charge is 0.412 e. The number of hydrogen-bond donors (Lipinski definition) is 2. The second-order valence-electron chi connectivity index (χ2n) is 6.69. The Bertz CT molecular complexity index is 779. The molecule has 0 saturated carbocycles. The third kappa shape index (κ3) is 2.28. The summed E-state index contributed by atoms with van der Waals surface area (Å²) < 4.78 is 19.1. The van der Waals surface area contributed by atoms with Gasteiger partial charge in [-0.15, -0.1) is 0 Å². The SMILES string of the molecule is Cc1[nH]c2c(F)cccc2c1CCN1C(=O)OC(C)(C)[C@]1(C)O. The second-order valence-corrected chi connectivity index (χ2v) is 6.69.